The molecule has 1 atom stereocenters. The van der Waals surface area contributed by atoms with Crippen LogP contribution in [-0.2, 0) is 0 Å². The Morgan fingerprint density at radius 2 is 2.27 bits per heavy atom. The van der Waals surface area contributed by atoms with Gasteiger partial charge in [-0.1, -0.05) is 19.9 Å². The molecule has 2 rings (SSSR count). The van der Waals surface area contributed by atoms with Crippen molar-refractivity contribution in [2.75, 3.05) is 0 Å². The molecule has 0 radical (unpaired) electrons. The first-order valence-corrected chi connectivity index (χ1v) is 5.78. The van der Waals surface area contributed by atoms with E-state index in [1.807, 2.05) is 17.5 Å². The Balaban J connectivity index is 2.25. The normalized spacial score (nSPS) is 13.3. The molecular weight excluding hydrogens is 208 g/mol. The van der Waals surface area contributed by atoms with Crippen molar-refractivity contribution >= 4 is 11.3 Å². The van der Waals surface area contributed by atoms with Crippen LogP contribution in [0.25, 0.3) is 10.7 Å². The number of H-pyrrole nitrogens is 1. The van der Waals surface area contributed by atoms with Crippen molar-refractivity contribution in [3.8, 4) is 10.7 Å². The SMILES string of the molecule is CC(C)[C@@H](N)c1nc(-c2cccs2)n[nH]1. The van der Waals surface area contributed by atoms with Gasteiger partial charge in [0.15, 0.2) is 5.82 Å². The monoisotopic (exact) mass is 222 g/mol. The van der Waals surface area contributed by atoms with Gasteiger partial charge in [0.25, 0.3) is 0 Å². The van der Waals surface area contributed by atoms with E-state index in [1.54, 1.807) is 11.3 Å². The van der Waals surface area contributed by atoms with Gasteiger partial charge in [-0.15, -0.1) is 11.3 Å². The number of hydrogen-bond donors (Lipinski definition) is 2. The van der Waals surface area contributed by atoms with Gasteiger partial charge in [0.1, 0.15) is 5.82 Å². The average Bonchev–Trinajstić information content (AvgIpc) is 2.86. The van der Waals surface area contributed by atoms with E-state index in [4.69, 9.17) is 5.73 Å². The molecule has 4 nitrogen and oxygen atoms in total. The van der Waals surface area contributed by atoms with Crippen LogP contribution in [0.1, 0.15) is 25.7 Å². The van der Waals surface area contributed by atoms with Crippen LogP contribution in [-0.4, -0.2) is 15.2 Å². The Bertz CT molecular complexity index is 418. The lowest BCUT2D eigenvalue weighted by molar-refractivity contribution is 0.492. The Labute approximate surface area is 92.5 Å². The fraction of sp³-hybridized carbons (Fsp3) is 0.400. The summed E-state index contributed by atoms with van der Waals surface area (Å²) in [6, 6.07) is 3.91. The molecule has 0 bridgehead atoms. The predicted octanol–water partition coefficient (Wildman–Crippen LogP) is 2.19. The number of aromatic nitrogens is 3. The summed E-state index contributed by atoms with van der Waals surface area (Å²) in [6.45, 7) is 4.13. The number of hydrogen-bond acceptors (Lipinski definition) is 4. The second kappa shape index (κ2) is 4.12. The first kappa shape index (κ1) is 10.3. The van der Waals surface area contributed by atoms with Gasteiger partial charge in [-0.25, -0.2) is 4.98 Å². The van der Waals surface area contributed by atoms with Crippen molar-refractivity contribution in [2.45, 2.75) is 19.9 Å². The van der Waals surface area contributed by atoms with Crippen LogP contribution in [0.3, 0.4) is 0 Å². The molecule has 0 saturated heterocycles. The molecule has 0 unspecified atom stereocenters. The maximum atomic E-state index is 5.97. The van der Waals surface area contributed by atoms with Gasteiger partial charge in [0, 0.05) is 0 Å². The first-order valence-electron chi connectivity index (χ1n) is 4.90. The third-order valence-electron chi connectivity index (χ3n) is 2.28. The van der Waals surface area contributed by atoms with Gasteiger partial charge in [0.05, 0.1) is 10.9 Å². The molecule has 80 valence electrons. The third kappa shape index (κ3) is 2.08. The molecule has 0 saturated carbocycles. The largest absolute Gasteiger partial charge is 0.321 e. The molecule has 0 aliphatic heterocycles. The number of aromatic amines is 1. The standard InChI is InChI=1S/C10H14N4S/c1-6(2)8(11)10-12-9(13-14-10)7-4-3-5-15-7/h3-6,8H,11H2,1-2H3,(H,12,13,14)/t8-/m1/s1. The van der Waals surface area contributed by atoms with Crippen LogP contribution in [0.4, 0.5) is 0 Å². The molecule has 0 amide bonds. The molecule has 0 aliphatic carbocycles. The van der Waals surface area contributed by atoms with Gasteiger partial charge in [-0.3, -0.25) is 5.10 Å². The van der Waals surface area contributed by atoms with Gasteiger partial charge in [-0.2, -0.15) is 5.10 Å². The van der Waals surface area contributed by atoms with E-state index < -0.39 is 0 Å². The van der Waals surface area contributed by atoms with Crippen molar-refractivity contribution in [1.29, 1.82) is 0 Å². The van der Waals surface area contributed by atoms with E-state index in [0.29, 0.717) is 5.92 Å². The molecule has 3 N–H and O–H groups in total. The lowest BCUT2D eigenvalue weighted by Crippen LogP contribution is -2.18. The lowest BCUT2D eigenvalue weighted by atomic mass is 10.1. The predicted molar refractivity (Wildman–Crippen MR) is 61.5 cm³/mol. The molecule has 5 heteroatoms. The Morgan fingerprint density at radius 1 is 1.47 bits per heavy atom. The minimum absolute atomic E-state index is 0.0776. The van der Waals surface area contributed by atoms with Crippen molar-refractivity contribution in [3.63, 3.8) is 0 Å². The van der Waals surface area contributed by atoms with Crippen LogP contribution in [0.5, 0.6) is 0 Å². The molecule has 2 heterocycles. The van der Waals surface area contributed by atoms with E-state index in [0.717, 1.165) is 16.5 Å². The summed E-state index contributed by atoms with van der Waals surface area (Å²) in [6.07, 6.45) is 0. The minimum atomic E-state index is -0.0776. The van der Waals surface area contributed by atoms with E-state index >= 15 is 0 Å². The molecule has 2 aromatic rings. The number of nitrogens with one attached hydrogen (secondary N) is 1. The summed E-state index contributed by atoms with van der Waals surface area (Å²) in [4.78, 5) is 5.46. The summed E-state index contributed by atoms with van der Waals surface area (Å²) in [5.74, 6) is 1.85. The third-order valence-corrected chi connectivity index (χ3v) is 3.14. The van der Waals surface area contributed by atoms with Crippen LogP contribution in [0.2, 0.25) is 0 Å². The number of nitrogens with two attached hydrogens (primary N) is 1. The zero-order valence-electron chi connectivity index (χ0n) is 8.77. The minimum Gasteiger partial charge on any atom is -0.321 e. The van der Waals surface area contributed by atoms with E-state index in [1.165, 1.54) is 0 Å². The highest BCUT2D eigenvalue weighted by Gasteiger charge is 2.15. The van der Waals surface area contributed by atoms with Crippen molar-refractivity contribution in [3.05, 3.63) is 23.3 Å². The summed E-state index contributed by atoms with van der Waals surface area (Å²) >= 11 is 1.62. The maximum Gasteiger partial charge on any atom is 0.191 e. The first-order chi connectivity index (χ1) is 7.18. The van der Waals surface area contributed by atoms with Gasteiger partial charge >= 0.3 is 0 Å². The van der Waals surface area contributed by atoms with E-state index in [2.05, 4.69) is 29.0 Å². The average molecular weight is 222 g/mol. The fourth-order valence-electron chi connectivity index (χ4n) is 1.26. The lowest BCUT2D eigenvalue weighted by Gasteiger charge is -2.10. The maximum absolute atomic E-state index is 5.97. The second-order valence-electron chi connectivity index (χ2n) is 3.79. The Hall–Kier alpha value is -1.20. The molecule has 0 aromatic carbocycles. The van der Waals surface area contributed by atoms with Gasteiger partial charge in [-0.05, 0) is 17.4 Å². The van der Waals surface area contributed by atoms with E-state index in [-0.39, 0.29) is 6.04 Å². The molecule has 2 aromatic heterocycles. The van der Waals surface area contributed by atoms with Crippen molar-refractivity contribution in [1.82, 2.24) is 15.2 Å². The topological polar surface area (TPSA) is 67.6 Å². The quantitative estimate of drug-likeness (QED) is 0.836. The molecule has 0 spiro atoms. The second-order valence-corrected chi connectivity index (χ2v) is 4.74. The number of rotatable bonds is 3. The highest BCUT2D eigenvalue weighted by Crippen LogP contribution is 2.22. The van der Waals surface area contributed by atoms with Crippen LogP contribution < -0.4 is 5.73 Å². The summed E-state index contributed by atoms with van der Waals surface area (Å²) in [5.41, 5.74) is 5.97. The molecule has 0 aliphatic rings. The molecular formula is C10H14N4S. The summed E-state index contributed by atoms with van der Waals surface area (Å²) in [5, 5.41) is 9.06. The summed E-state index contributed by atoms with van der Waals surface area (Å²) < 4.78 is 0. The number of nitrogens with zero attached hydrogens (tertiary/aromatic N) is 2. The van der Waals surface area contributed by atoms with E-state index in [9.17, 15) is 0 Å². The molecule has 15 heavy (non-hydrogen) atoms. The highest BCUT2D eigenvalue weighted by atomic mass is 32.1. The Morgan fingerprint density at radius 3 is 2.87 bits per heavy atom. The van der Waals surface area contributed by atoms with Crippen molar-refractivity contribution in [2.24, 2.45) is 11.7 Å². The fourth-order valence-corrected chi connectivity index (χ4v) is 1.91. The Kier molecular flexibility index (Phi) is 2.83. The van der Waals surface area contributed by atoms with Crippen LogP contribution >= 0.6 is 11.3 Å². The van der Waals surface area contributed by atoms with Crippen LogP contribution in [0, 0.1) is 5.92 Å². The smallest absolute Gasteiger partial charge is 0.191 e. The zero-order chi connectivity index (χ0) is 10.8. The van der Waals surface area contributed by atoms with Crippen molar-refractivity contribution < 1.29 is 0 Å². The summed E-state index contributed by atoms with van der Waals surface area (Å²) in [7, 11) is 0. The molecule has 0 fully saturated rings. The van der Waals surface area contributed by atoms with Gasteiger partial charge in [0.2, 0.25) is 0 Å². The highest BCUT2D eigenvalue weighted by molar-refractivity contribution is 7.13. The van der Waals surface area contributed by atoms with Gasteiger partial charge < -0.3 is 5.73 Å². The zero-order valence-corrected chi connectivity index (χ0v) is 9.58. The number of thiophene rings is 1. The van der Waals surface area contributed by atoms with Crippen LogP contribution in [0.15, 0.2) is 17.5 Å².